The maximum atomic E-state index is 13.3. The Morgan fingerprint density at radius 2 is 1.47 bits per heavy atom. The number of benzene rings is 2. The number of urea groups is 1. The van der Waals surface area contributed by atoms with E-state index in [1.807, 2.05) is 0 Å². The number of fused-ring (bicyclic) bond motifs is 1. The third kappa shape index (κ3) is 3.64. The lowest BCUT2D eigenvalue weighted by Crippen LogP contribution is -2.46. The molecule has 2 aliphatic rings. The van der Waals surface area contributed by atoms with Gasteiger partial charge >= 0.3 is 6.03 Å². The summed E-state index contributed by atoms with van der Waals surface area (Å²) in [6.07, 6.45) is 3.20. The predicted molar refractivity (Wildman–Crippen MR) is 125 cm³/mol. The molecule has 4 rings (SSSR count). The molecule has 0 aromatic heterocycles. The van der Waals surface area contributed by atoms with Crippen molar-refractivity contribution in [2.24, 2.45) is 5.41 Å². The highest BCUT2D eigenvalue weighted by Crippen LogP contribution is 2.40. The minimum absolute atomic E-state index is 0.218. The molecule has 0 saturated carbocycles. The number of rotatable bonds is 2. The van der Waals surface area contributed by atoms with Crippen molar-refractivity contribution in [3.05, 3.63) is 57.6 Å². The average molecular weight is 405 g/mol. The second-order valence-corrected chi connectivity index (χ2v) is 10.1. The molecule has 2 aliphatic heterocycles. The first kappa shape index (κ1) is 21.0. The first-order valence-electron chi connectivity index (χ1n) is 11.5. The summed E-state index contributed by atoms with van der Waals surface area (Å²) in [4.78, 5) is 17.4. The zero-order chi connectivity index (χ0) is 21.6. The van der Waals surface area contributed by atoms with E-state index in [2.05, 4.69) is 75.6 Å². The summed E-state index contributed by atoms with van der Waals surface area (Å²) in [5.74, 6) is 0. The van der Waals surface area contributed by atoms with Crippen LogP contribution in [0.4, 0.5) is 4.79 Å². The van der Waals surface area contributed by atoms with Crippen LogP contribution in [-0.2, 0) is 19.5 Å². The van der Waals surface area contributed by atoms with Crippen LogP contribution in [0.25, 0.3) is 11.1 Å². The van der Waals surface area contributed by atoms with Crippen molar-refractivity contribution in [1.82, 2.24) is 9.80 Å². The summed E-state index contributed by atoms with van der Waals surface area (Å²) in [6, 6.07) is 9.11. The molecule has 2 aromatic carbocycles. The Balaban J connectivity index is 1.66. The highest BCUT2D eigenvalue weighted by Gasteiger charge is 2.34. The Bertz CT molecular complexity index is 962. The lowest BCUT2D eigenvalue weighted by Gasteiger charge is -2.38. The number of aryl methyl sites for hydroxylation is 1. The van der Waals surface area contributed by atoms with Crippen LogP contribution in [0.1, 0.15) is 67.0 Å². The highest BCUT2D eigenvalue weighted by atomic mass is 16.2. The molecule has 0 aliphatic carbocycles. The van der Waals surface area contributed by atoms with Crippen molar-refractivity contribution in [1.29, 1.82) is 0 Å². The van der Waals surface area contributed by atoms with Crippen LogP contribution in [0.5, 0.6) is 0 Å². The summed E-state index contributed by atoms with van der Waals surface area (Å²) >= 11 is 0. The first-order chi connectivity index (χ1) is 14.2. The fraction of sp³-hybridized carbons (Fsp3) is 0.519. The van der Waals surface area contributed by atoms with Crippen molar-refractivity contribution in [3.8, 4) is 11.1 Å². The maximum Gasteiger partial charge on any atom is 0.320 e. The highest BCUT2D eigenvalue weighted by molar-refractivity contribution is 5.79. The van der Waals surface area contributed by atoms with E-state index in [4.69, 9.17) is 0 Å². The largest absolute Gasteiger partial charge is 0.325 e. The quantitative estimate of drug-likeness (QED) is 0.568. The molecule has 30 heavy (non-hydrogen) atoms. The van der Waals surface area contributed by atoms with E-state index >= 15 is 0 Å². The summed E-state index contributed by atoms with van der Waals surface area (Å²) in [5, 5.41) is 0. The van der Waals surface area contributed by atoms with Gasteiger partial charge in [-0.25, -0.2) is 4.79 Å². The van der Waals surface area contributed by atoms with E-state index in [0.29, 0.717) is 5.41 Å². The molecule has 2 aromatic rings. The second-order valence-electron chi connectivity index (χ2n) is 10.1. The van der Waals surface area contributed by atoms with Crippen molar-refractivity contribution in [2.45, 2.75) is 73.9 Å². The molecule has 3 heteroatoms. The molecule has 0 bridgehead atoms. The fourth-order valence-corrected chi connectivity index (χ4v) is 5.26. The Hall–Kier alpha value is -2.29. The van der Waals surface area contributed by atoms with Gasteiger partial charge in [-0.2, -0.15) is 0 Å². The Kier molecular flexibility index (Phi) is 5.42. The van der Waals surface area contributed by atoms with Crippen LogP contribution in [0, 0.1) is 26.2 Å². The van der Waals surface area contributed by atoms with Crippen LogP contribution in [0.3, 0.4) is 0 Å². The molecule has 0 spiro atoms. The molecule has 0 N–H and O–H groups in total. The number of hydrogen-bond acceptors (Lipinski definition) is 1. The molecule has 160 valence electrons. The lowest BCUT2D eigenvalue weighted by molar-refractivity contribution is 0.111. The van der Waals surface area contributed by atoms with Crippen LogP contribution in [-0.4, -0.2) is 28.9 Å². The average Bonchev–Trinajstić information content (AvgIpc) is 3.17. The molecule has 0 unspecified atom stereocenters. The predicted octanol–water partition coefficient (Wildman–Crippen LogP) is 6.40. The minimum atomic E-state index is 0.218. The summed E-state index contributed by atoms with van der Waals surface area (Å²) < 4.78 is 0. The van der Waals surface area contributed by atoms with Gasteiger partial charge < -0.3 is 9.80 Å². The minimum Gasteiger partial charge on any atom is -0.325 e. The van der Waals surface area contributed by atoms with Crippen LogP contribution >= 0.6 is 0 Å². The number of amides is 2. The van der Waals surface area contributed by atoms with E-state index in [9.17, 15) is 4.79 Å². The number of likely N-dealkylation sites (tertiary alicyclic amines) is 1. The zero-order valence-corrected chi connectivity index (χ0v) is 19.6. The lowest BCUT2D eigenvalue weighted by atomic mass is 9.83. The number of carbonyl (C=O) groups excluding carboxylic acids is 1. The fourth-order valence-electron chi connectivity index (χ4n) is 5.26. The monoisotopic (exact) mass is 404 g/mol. The molecular weight excluding hydrogens is 368 g/mol. The molecular formula is C27H36N2O. The van der Waals surface area contributed by atoms with E-state index in [-0.39, 0.29) is 6.03 Å². The number of carbonyl (C=O) groups is 1. The number of nitrogens with zero attached hydrogens (tertiary/aromatic N) is 2. The SMILES string of the molecule is CCc1c(C)c2c(c(C)c1-c1ccc(C)cc1)CN(C(=O)N1CCC(C)(C)CC1)C2. The van der Waals surface area contributed by atoms with Gasteiger partial charge in [-0.1, -0.05) is 50.6 Å². The van der Waals surface area contributed by atoms with E-state index < -0.39 is 0 Å². The third-order valence-electron chi connectivity index (χ3n) is 7.45. The van der Waals surface area contributed by atoms with Gasteiger partial charge in [0.2, 0.25) is 0 Å². The van der Waals surface area contributed by atoms with Gasteiger partial charge in [0.1, 0.15) is 0 Å². The van der Waals surface area contributed by atoms with Gasteiger partial charge in [-0.15, -0.1) is 0 Å². The Morgan fingerprint density at radius 3 is 2.03 bits per heavy atom. The van der Waals surface area contributed by atoms with Crippen molar-refractivity contribution < 1.29 is 4.79 Å². The summed E-state index contributed by atoms with van der Waals surface area (Å²) in [7, 11) is 0. The molecule has 0 atom stereocenters. The van der Waals surface area contributed by atoms with Crippen LogP contribution < -0.4 is 0 Å². The molecule has 3 nitrogen and oxygen atoms in total. The zero-order valence-electron chi connectivity index (χ0n) is 19.6. The van der Waals surface area contributed by atoms with Gasteiger partial charge in [-0.3, -0.25) is 0 Å². The van der Waals surface area contributed by atoms with Gasteiger partial charge in [0.05, 0.1) is 0 Å². The van der Waals surface area contributed by atoms with Crippen molar-refractivity contribution in [3.63, 3.8) is 0 Å². The van der Waals surface area contributed by atoms with E-state index in [0.717, 1.165) is 45.4 Å². The van der Waals surface area contributed by atoms with Crippen LogP contribution in [0.15, 0.2) is 24.3 Å². The number of piperidine rings is 1. The first-order valence-corrected chi connectivity index (χ1v) is 11.5. The van der Waals surface area contributed by atoms with Gasteiger partial charge in [0.25, 0.3) is 0 Å². The Labute approximate surface area is 182 Å². The molecule has 2 amide bonds. The summed E-state index contributed by atoms with van der Waals surface area (Å²) in [6.45, 7) is 16.8. The van der Waals surface area contributed by atoms with E-state index in [1.165, 1.54) is 44.5 Å². The van der Waals surface area contributed by atoms with Crippen LogP contribution in [0.2, 0.25) is 0 Å². The van der Waals surface area contributed by atoms with Crippen molar-refractivity contribution >= 4 is 6.03 Å². The van der Waals surface area contributed by atoms with E-state index in [1.54, 1.807) is 0 Å². The smallest absolute Gasteiger partial charge is 0.320 e. The normalized spacial score (nSPS) is 17.9. The molecule has 0 radical (unpaired) electrons. The number of hydrogen-bond donors (Lipinski definition) is 0. The van der Waals surface area contributed by atoms with Gasteiger partial charge in [-0.05, 0) is 84.4 Å². The molecule has 2 heterocycles. The standard InChI is InChI=1S/C27H36N2O/c1-7-22-19(3)23-16-29(26(30)28-14-12-27(5,6)13-15-28)17-24(23)20(4)25(22)21-10-8-18(2)9-11-21/h8-11H,7,12-17H2,1-6H3. The Morgan fingerprint density at radius 1 is 0.900 bits per heavy atom. The topological polar surface area (TPSA) is 23.6 Å². The molecule has 1 saturated heterocycles. The van der Waals surface area contributed by atoms with Gasteiger partial charge in [0, 0.05) is 26.2 Å². The molecule has 1 fully saturated rings. The van der Waals surface area contributed by atoms with Gasteiger partial charge in [0.15, 0.2) is 0 Å². The third-order valence-corrected chi connectivity index (χ3v) is 7.45. The second kappa shape index (κ2) is 7.76. The van der Waals surface area contributed by atoms with Crippen molar-refractivity contribution in [2.75, 3.05) is 13.1 Å². The summed E-state index contributed by atoms with van der Waals surface area (Å²) in [5.41, 5.74) is 11.2. The maximum absolute atomic E-state index is 13.3.